The van der Waals surface area contributed by atoms with Crippen LogP contribution in [0.1, 0.15) is 5.82 Å². The number of aromatic nitrogens is 7. The van der Waals surface area contributed by atoms with Crippen LogP contribution < -0.4 is 5.56 Å². The highest BCUT2D eigenvalue weighted by Gasteiger charge is 2.16. The Morgan fingerprint density at radius 1 is 1.07 bits per heavy atom. The number of nitrogens with zero attached hydrogens (tertiary/aromatic N) is 7. The number of fused-ring (bicyclic) bond motifs is 3. The van der Waals surface area contributed by atoms with Crippen molar-refractivity contribution in [3.63, 3.8) is 0 Å². The largest absolute Gasteiger partial charge is 0.312 e. The molecule has 0 radical (unpaired) electrons. The van der Waals surface area contributed by atoms with E-state index in [1.54, 1.807) is 10.8 Å². The molecule has 0 N–H and O–H groups in total. The van der Waals surface area contributed by atoms with Gasteiger partial charge in [0.2, 0.25) is 0 Å². The molecule has 0 unspecified atom stereocenters. The van der Waals surface area contributed by atoms with E-state index in [4.69, 9.17) is 4.98 Å². The summed E-state index contributed by atoms with van der Waals surface area (Å²) in [5, 5.41) is 14.0. The Balaban J connectivity index is 1.71. The number of halogens is 1. The molecule has 0 aliphatic rings. The second-order valence-electron chi connectivity index (χ2n) is 6.57. The Kier molecular flexibility index (Phi) is 4.47. The number of benzene rings is 2. The molecule has 30 heavy (non-hydrogen) atoms. The average molecular weight is 419 g/mol. The van der Waals surface area contributed by atoms with Crippen LogP contribution in [0.3, 0.4) is 0 Å². The molecule has 8 nitrogen and oxygen atoms in total. The topological polar surface area (TPSA) is 90.9 Å². The lowest BCUT2D eigenvalue weighted by Crippen LogP contribution is -2.19. The molecule has 0 saturated heterocycles. The van der Waals surface area contributed by atoms with E-state index in [9.17, 15) is 9.18 Å². The van der Waals surface area contributed by atoms with Gasteiger partial charge in [-0.1, -0.05) is 23.9 Å². The van der Waals surface area contributed by atoms with Gasteiger partial charge in [0.1, 0.15) is 18.0 Å². The summed E-state index contributed by atoms with van der Waals surface area (Å²) in [5.41, 5.74) is 1.28. The summed E-state index contributed by atoms with van der Waals surface area (Å²) in [4.78, 5) is 21.8. The summed E-state index contributed by atoms with van der Waals surface area (Å²) in [6.45, 7) is 0. The van der Waals surface area contributed by atoms with Crippen LogP contribution in [0.15, 0.2) is 64.8 Å². The first-order valence-corrected chi connectivity index (χ1v) is 10.00. The zero-order valence-corrected chi connectivity index (χ0v) is 16.5. The fraction of sp³-hybridized carbons (Fsp3) is 0.100. The Bertz CT molecular complexity index is 1450. The first kappa shape index (κ1) is 18.4. The molecule has 5 rings (SSSR count). The van der Waals surface area contributed by atoms with Gasteiger partial charge in [-0.15, -0.1) is 10.2 Å². The lowest BCUT2D eigenvalue weighted by atomic mass is 10.1. The highest BCUT2D eigenvalue weighted by Crippen LogP contribution is 2.23. The van der Waals surface area contributed by atoms with Crippen molar-refractivity contribution in [3.8, 4) is 11.3 Å². The minimum absolute atomic E-state index is 0.134. The van der Waals surface area contributed by atoms with Crippen molar-refractivity contribution in [2.24, 2.45) is 7.05 Å². The van der Waals surface area contributed by atoms with Gasteiger partial charge in [0.25, 0.3) is 5.56 Å². The molecule has 2 aromatic carbocycles. The molecule has 0 amide bonds. The summed E-state index contributed by atoms with van der Waals surface area (Å²) in [7, 11) is 1.86. The molecule has 5 aromatic rings. The van der Waals surface area contributed by atoms with E-state index in [2.05, 4.69) is 20.3 Å². The van der Waals surface area contributed by atoms with Crippen molar-refractivity contribution in [2.45, 2.75) is 10.9 Å². The Morgan fingerprint density at radius 3 is 2.63 bits per heavy atom. The minimum atomic E-state index is -0.482. The summed E-state index contributed by atoms with van der Waals surface area (Å²) < 4.78 is 16.7. The zero-order valence-electron chi connectivity index (χ0n) is 15.7. The number of aryl methyl sites for hydroxylation is 1. The third-order valence-electron chi connectivity index (χ3n) is 4.57. The fourth-order valence-corrected chi connectivity index (χ4v) is 3.90. The van der Waals surface area contributed by atoms with E-state index < -0.39 is 5.56 Å². The summed E-state index contributed by atoms with van der Waals surface area (Å²) in [6, 6.07) is 13.0. The number of hydrogen-bond donors (Lipinski definition) is 0. The summed E-state index contributed by atoms with van der Waals surface area (Å²) >= 11 is 1.45. The summed E-state index contributed by atoms with van der Waals surface area (Å²) in [5.74, 6) is 0.655. The van der Waals surface area contributed by atoms with Crippen LogP contribution >= 0.6 is 11.8 Å². The van der Waals surface area contributed by atoms with Crippen molar-refractivity contribution in [3.05, 3.63) is 76.9 Å². The predicted molar refractivity (Wildman–Crippen MR) is 111 cm³/mol. The molecule has 3 heterocycles. The van der Waals surface area contributed by atoms with Gasteiger partial charge in [-0.05, 0) is 36.4 Å². The normalized spacial score (nSPS) is 11.4. The Hall–Kier alpha value is -3.66. The molecule has 0 fully saturated rings. The molecule has 0 aliphatic heterocycles. The monoisotopic (exact) mass is 419 g/mol. The molecule has 0 bridgehead atoms. The Morgan fingerprint density at radius 2 is 1.87 bits per heavy atom. The maximum atomic E-state index is 13.3. The smallest absolute Gasteiger partial charge is 0.300 e. The van der Waals surface area contributed by atoms with Gasteiger partial charge >= 0.3 is 0 Å². The number of rotatable bonds is 4. The summed E-state index contributed by atoms with van der Waals surface area (Å²) in [6.07, 6.45) is 1.62. The maximum Gasteiger partial charge on any atom is 0.300 e. The van der Waals surface area contributed by atoms with Crippen molar-refractivity contribution in [1.82, 2.24) is 34.3 Å². The van der Waals surface area contributed by atoms with Crippen LogP contribution in [0.2, 0.25) is 0 Å². The first-order valence-electron chi connectivity index (χ1n) is 9.01. The van der Waals surface area contributed by atoms with Gasteiger partial charge in [0.05, 0.1) is 11.3 Å². The molecule has 10 heteroatoms. The minimum Gasteiger partial charge on any atom is -0.312 e. The van der Waals surface area contributed by atoms with E-state index in [1.165, 1.54) is 36.0 Å². The SMILES string of the molecule is Cn1cnnc1SCc1nc2ccccc2c2nc(=O)c(-c3ccc(F)cc3)nn12. The van der Waals surface area contributed by atoms with Crippen molar-refractivity contribution < 1.29 is 4.39 Å². The van der Waals surface area contributed by atoms with Crippen LogP contribution in [-0.2, 0) is 12.8 Å². The molecule has 0 spiro atoms. The molecular formula is C20H14FN7OS. The van der Waals surface area contributed by atoms with Crippen LogP contribution in [0.25, 0.3) is 27.8 Å². The molecule has 0 aliphatic carbocycles. The predicted octanol–water partition coefficient (Wildman–Crippen LogP) is 2.86. The number of thioether (sulfide) groups is 1. The van der Waals surface area contributed by atoms with Gasteiger partial charge in [-0.3, -0.25) is 4.79 Å². The van der Waals surface area contributed by atoms with Crippen molar-refractivity contribution in [1.29, 1.82) is 0 Å². The highest BCUT2D eigenvalue weighted by molar-refractivity contribution is 7.98. The second-order valence-corrected chi connectivity index (χ2v) is 7.51. The maximum absolute atomic E-state index is 13.3. The third-order valence-corrected chi connectivity index (χ3v) is 5.60. The standard InChI is InChI=1S/C20H14FN7OS/c1-27-11-22-25-20(27)30-10-16-23-15-5-3-2-4-14(15)18-24-19(29)17(26-28(16)18)12-6-8-13(21)9-7-12/h2-9,11H,10H2,1H3. The molecule has 0 atom stereocenters. The average Bonchev–Trinajstić information content (AvgIpc) is 3.17. The van der Waals surface area contributed by atoms with Crippen LogP contribution in [-0.4, -0.2) is 34.3 Å². The first-order chi connectivity index (χ1) is 14.6. The van der Waals surface area contributed by atoms with E-state index >= 15 is 0 Å². The lowest BCUT2D eigenvalue weighted by Gasteiger charge is -2.11. The number of para-hydroxylation sites is 1. The van der Waals surface area contributed by atoms with Gasteiger partial charge in [-0.2, -0.15) is 14.6 Å². The Labute approximate surface area is 173 Å². The van der Waals surface area contributed by atoms with E-state index in [1.807, 2.05) is 35.9 Å². The van der Waals surface area contributed by atoms with Gasteiger partial charge < -0.3 is 4.57 Å². The zero-order chi connectivity index (χ0) is 20.7. The quantitative estimate of drug-likeness (QED) is 0.327. The van der Waals surface area contributed by atoms with Crippen molar-refractivity contribution in [2.75, 3.05) is 0 Å². The second kappa shape index (κ2) is 7.30. The number of hydrogen-bond acceptors (Lipinski definition) is 7. The highest BCUT2D eigenvalue weighted by atomic mass is 32.2. The molecular weight excluding hydrogens is 405 g/mol. The van der Waals surface area contributed by atoms with Crippen molar-refractivity contribution >= 4 is 28.3 Å². The fourth-order valence-electron chi connectivity index (χ4n) is 3.10. The van der Waals surface area contributed by atoms with Gasteiger partial charge in [0, 0.05) is 18.0 Å². The molecule has 148 valence electrons. The van der Waals surface area contributed by atoms with Crippen LogP contribution in [0.5, 0.6) is 0 Å². The van der Waals surface area contributed by atoms with E-state index in [-0.39, 0.29) is 11.5 Å². The van der Waals surface area contributed by atoms with Gasteiger partial charge in [0.15, 0.2) is 16.5 Å². The lowest BCUT2D eigenvalue weighted by molar-refractivity contribution is 0.628. The molecule has 0 saturated carbocycles. The van der Waals surface area contributed by atoms with Crippen LogP contribution in [0, 0.1) is 5.82 Å². The van der Waals surface area contributed by atoms with Crippen LogP contribution in [0.4, 0.5) is 4.39 Å². The molecule has 3 aromatic heterocycles. The van der Waals surface area contributed by atoms with Gasteiger partial charge in [-0.25, -0.2) is 9.37 Å². The van der Waals surface area contributed by atoms with E-state index in [0.717, 1.165) is 10.5 Å². The third kappa shape index (κ3) is 3.20. The van der Waals surface area contributed by atoms with E-state index in [0.29, 0.717) is 28.3 Å².